The van der Waals surface area contributed by atoms with Gasteiger partial charge in [0.15, 0.2) is 0 Å². The van der Waals surface area contributed by atoms with E-state index in [9.17, 15) is 13.2 Å². The van der Waals surface area contributed by atoms with Crippen LogP contribution >= 0.6 is 0 Å². The second-order valence-electron chi connectivity index (χ2n) is 5.23. The third-order valence-electron chi connectivity index (χ3n) is 3.64. The molecule has 0 fully saturated rings. The minimum absolute atomic E-state index is 0.0135. The number of hydrogen-bond donors (Lipinski definition) is 1. The summed E-state index contributed by atoms with van der Waals surface area (Å²) in [6.45, 7) is -0.141. The molecule has 5 nitrogen and oxygen atoms in total. The zero-order chi connectivity index (χ0) is 14.8. The van der Waals surface area contributed by atoms with Crippen molar-refractivity contribution in [1.82, 2.24) is 9.62 Å². The van der Waals surface area contributed by atoms with Crippen molar-refractivity contribution in [3.63, 3.8) is 0 Å². The molecule has 0 radical (unpaired) electrons. The maximum Gasteiger partial charge on any atom is 0.235 e. The van der Waals surface area contributed by atoms with Crippen LogP contribution in [0.1, 0.15) is 30.0 Å². The van der Waals surface area contributed by atoms with Crippen LogP contribution in [0.2, 0.25) is 0 Å². The fourth-order valence-electron chi connectivity index (χ4n) is 2.46. The molecule has 1 aliphatic carbocycles. The van der Waals surface area contributed by atoms with Gasteiger partial charge in [0.1, 0.15) is 0 Å². The number of aryl methyl sites for hydroxylation is 1. The van der Waals surface area contributed by atoms with Crippen LogP contribution in [0.3, 0.4) is 0 Å². The summed E-state index contributed by atoms with van der Waals surface area (Å²) >= 11 is 0. The lowest BCUT2D eigenvalue weighted by Crippen LogP contribution is -2.40. The van der Waals surface area contributed by atoms with Gasteiger partial charge in [-0.2, -0.15) is 4.31 Å². The number of amides is 1. The number of benzene rings is 1. The zero-order valence-corrected chi connectivity index (χ0v) is 12.6. The molecule has 1 amide bonds. The molecule has 6 heteroatoms. The topological polar surface area (TPSA) is 66.5 Å². The molecular formula is C14H20N2O3S. The summed E-state index contributed by atoms with van der Waals surface area (Å²) in [4.78, 5) is 12.0. The first-order chi connectivity index (χ1) is 9.38. The highest BCUT2D eigenvalue weighted by molar-refractivity contribution is 7.88. The van der Waals surface area contributed by atoms with Gasteiger partial charge in [-0.3, -0.25) is 4.79 Å². The van der Waals surface area contributed by atoms with Gasteiger partial charge >= 0.3 is 0 Å². The molecule has 1 aliphatic rings. The van der Waals surface area contributed by atoms with Crippen LogP contribution in [-0.4, -0.2) is 38.5 Å². The van der Waals surface area contributed by atoms with Crippen molar-refractivity contribution in [1.29, 1.82) is 0 Å². The fraction of sp³-hybridized carbons (Fsp3) is 0.500. The second-order valence-corrected chi connectivity index (χ2v) is 7.32. The number of nitrogens with one attached hydrogen (secondary N) is 1. The minimum Gasteiger partial charge on any atom is -0.348 e. The molecule has 0 aromatic heterocycles. The van der Waals surface area contributed by atoms with Crippen LogP contribution in [0.4, 0.5) is 0 Å². The number of carbonyl (C=O) groups excluding carboxylic acids is 1. The van der Waals surface area contributed by atoms with Gasteiger partial charge in [0.05, 0.1) is 18.8 Å². The maximum absolute atomic E-state index is 12.0. The lowest BCUT2D eigenvalue weighted by Gasteiger charge is -2.27. The van der Waals surface area contributed by atoms with Crippen molar-refractivity contribution in [3.8, 4) is 0 Å². The van der Waals surface area contributed by atoms with Gasteiger partial charge in [-0.25, -0.2) is 8.42 Å². The SMILES string of the molecule is CN(CC(=O)NC1CCCc2ccccc21)S(C)(=O)=O. The van der Waals surface area contributed by atoms with Gasteiger partial charge in [-0.05, 0) is 30.4 Å². The molecular weight excluding hydrogens is 276 g/mol. The number of nitrogens with zero attached hydrogens (tertiary/aromatic N) is 1. The van der Waals surface area contributed by atoms with Gasteiger partial charge in [-0.15, -0.1) is 0 Å². The van der Waals surface area contributed by atoms with Crippen molar-refractivity contribution in [2.24, 2.45) is 0 Å². The summed E-state index contributed by atoms with van der Waals surface area (Å²) in [5.41, 5.74) is 2.41. The normalized spacial score (nSPS) is 18.6. The van der Waals surface area contributed by atoms with E-state index in [4.69, 9.17) is 0 Å². The van der Waals surface area contributed by atoms with Crippen molar-refractivity contribution in [2.75, 3.05) is 19.8 Å². The first-order valence-corrected chi connectivity index (χ1v) is 8.51. The highest BCUT2D eigenvalue weighted by Gasteiger charge is 2.23. The number of likely N-dealkylation sites (N-methyl/N-ethyl adjacent to an activating group) is 1. The summed E-state index contributed by atoms with van der Waals surface area (Å²) in [7, 11) is -1.92. The van der Waals surface area contributed by atoms with E-state index >= 15 is 0 Å². The lowest BCUT2D eigenvalue weighted by atomic mass is 9.88. The Morgan fingerprint density at radius 1 is 1.40 bits per heavy atom. The van der Waals surface area contributed by atoms with Crippen LogP contribution in [0.5, 0.6) is 0 Å². The molecule has 1 aromatic rings. The molecule has 1 N–H and O–H groups in total. The van der Waals surface area contributed by atoms with E-state index < -0.39 is 10.0 Å². The molecule has 1 aromatic carbocycles. The Balaban J connectivity index is 2.03. The predicted octanol–water partition coefficient (Wildman–Crippen LogP) is 1.07. The largest absolute Gasteiger partial charge is 0.348 e. The summed E-state index contributed by atoms with van der Waals surface area (Å²) in [5.74, 6) is -0.264. The van der Waals surface area contributed by atoms with Crippen molar-refractivity contribution >= 4 is 15.9 Å². The molecule has 0 saturated heterocycles. The van der Waals surface area contributed by atoms with Gasteiger partial charge in [0, 0.05) is 7.05 Å². The number of fused-ring (bicyclic) bond motifs is 1. The molecule has 1 unspecified atom stereocenters. The Labute approximate surface area is 120 Å². The summed E-state index contributed by atoms with van der Waals surface area (Å²) < 4.78 is 23.7. The smallest absolute Gasteiger partial charge is 0.235 e. The zero-order valence-electron chi connectivity index (χ0n) is 11.8. The van der Waals surface area contributed by atoms with Crippen LogP contribution in [0.25, 0.3) is 0 Å². The van der Waals surface area contributed by atoms with E-state index in [1.54, 1.807) is 0 Å². The van der Waals surface area contributed by atoms with Crippen LogP contribution < -0.4 is 5.32 Å². The number of sulfonamides is 1. The number of carbonyl (C=O) groups is 1. The van der Waals surface area contributed by atoms with Crippen LogP contribution in [0.15, 0.2) is 24.3 Å². The maximum atomic E-state index is 12.0. The van der Waals surface area contributed by atoms with Gasteiger partial charge in [0.25, 0.3) is 0 Å². The minimum atomic E-state index is -3.33. The molecule has 20 heavy (non-hydrogen) atoms. The Kier molecular flexibility index (Phi) is 4.45. The molecule has 110 valence electrons. The number of hydrogen-bond acceptors (Lipinski definition) is 3. The first kappa shape index (κ1) is 15.0. The Morgan fingerprint density at radius 2 is 2.10 bits per heavy atom. The third kappa shape index (κ3) is 3.58. The molecule has 0 spiro atoms. The highest BCUT2D eigenvalue weighted by atomic mass is 32.2. The highest BCUT2D eigenvalue weighted by Crippen LogP contribution is 2.29. The van der Waals surface area contributed by atoms with Crippen molar-refractivity contribution < 1.29 is 13.2 Å². The summed E-state index contributed by atoms with van der Waals surface area (Å²) in [5, 5.41) is 2.93. The molecule has 1 atom stereocenters. The monoisotopic (exact) mass is 296 g/mol. The van der Waals surface area contributed by atoms with E-state index in [0.29, 0.717) is 0 Å². The lowest BCUT2D eigenvalue weighted by molar-refractivity contribution is -0.122. The van der Waals surface area contributed by atoms with E-state index in [1.807, 2.05) is 18.2 Å². The first-order valence-electron chi connectivity index (χ1n) is 6.66. The summed E-state index contributed by atoms with van der Waals surface area (Å²) in [6, 6.07) is 8.06. The summed E-state index contributed by atoms with van der Waals surface area (Å²) in [6.07, 6.45) is 4.05. The molecule has 0 aliphatic heterocycles. The fourth-order valence-corrected chi connectivity index (χ4v) is 2.82. The standard InChI is InChI=1S/C14H20N2O3S/c1-16(20(2,18)19)10-14(17)15-13-9-5-7-11-6-3-4-8-12(11)13/h3-4,6,8,13H,5,7,9-10H2,1-2H3,(H,15,17). The Morgan fingerprint density at radius 3 is 2.80 bits per heavy atom. The third-order valence-corrected chi connectivity index (χ3v) is 4.90. The van der Waals surface area contributed by atoms with Gasteiger partial charge in [-0.1, -0.05) is 24.3 Å². The van der Waals surface area contributed by atoms with Crippen LogP contribution in [-0.2, 0) is 21.2 Å². The van der Waals surface area contributed by atoms with Gasteiger partial charge in [0.2, 0.25) is 15.9 Å². The Bertz CT molecular complexity index is 598. The van der Waals surface area contributed by atoms with Crippen molar-refractivity contribution in [3.05, 3.63) is 35.4 Å². The van der Waals surface area contributed by atoms with Gasteiger partial charge < -0.3 is 5.32 Å². The van der Waals surface area contributed by atoms with E-state index in [-0.39, 0.29) is 18.5 Å². The molecule has 0 heterocycles. The number of rotatable bonds is 4. The molecule has 2 rings (SSSR count). The average Bonchev–Trinajstić information content (AvgIpc) is 2.38. The van der Waals surface area contributed by atoms with E-state index in [2.05, 4.69) is 11.4 Å². The molecule has 0 saturated carbocycles. The van der Waals surface area contributed by atoms with E-state index in [1.165, 1.54) is 12.6 Å². The second kappa shape index (κ2) is 5.93. The van der Waals surface area contributed by atoms with Crippen LogP contribution in [0, 0.1) is 0 Å². The molecule has 0 bridgehead atoms. The van der Waals surface area contributed by atoms with Crippen molar-refractivity contribution in [2.45, 2.75) is 25.3 Å². The quantitative estimate of drug-likeness (QED) is 0.904. The van der Waals surface area contributed by atoms with E-state index in [0.717, 1.165) is 35.4 Å². The Hall–Kier alpha value is -1.40. The average molecular weight is 296 g/mol. The predicted molar refractivity (Wildman–Crippen MR) is 77.7 cm³/mol.